The normalized spacial score (nSPS) is 10.4. The molecule has 1 heterocycles. The topological polar surface area (TPSA) is 55.0 Å². The molecule has 0 saturated heterocycles. The first-order chi connectivity index (χ1) is 9.10. The van der Waals surface area contributed by atoms with Gasteiger partial charge < -0.3 is 10.6 Å². The van der Waals surface area contributed by atoms with Gasteiger partial charge in [-0.3, -0.25) is 0 Å². The molecule has 2 rings (SSSR count). The smallest absolute Gasteiger partial charge is 0.205 e. The maximum atomic E-state index is 5.64. The molecule has 1 aromatic heterocycles. The van der Waals surface area contributed by atoms with Crippen molar-refractivity contribution in [1.82, 2.24) is 9.36 Å². The standard InChI is InChI=1S/C13H16N4S2/c1-3-11-15-13(19-16-11)17(2)8-9-5-4-6-10(7-9)12(14)18/h4-7H,3,8H2,1-2H3,(H2,14,18). The Balaban J connectivity index is 2.12. The van der Waals surface area contributed by atoms with Crippen molar-refractivity contribution in [2.75, 3.05) is 11.9 Å². The average molecular weight is 292 g/mol. The van der Waals surface area contributed by atoms with E-state index in [1.165, 1.54) is 11.5 Å². The molecular weight excluding hydrogens is 276 g/mol. The van der Waals surface area contributed by atoms with Crippen LogP contribution in [0, 0.1) is 0 Å². The van der Waals surface area contributed by atoms with Crippen LogP contribution >= 0.6 is 23.8 Å². The second-order valence-corrected chi connectivity index (χ2v) is 5.44. The van der Waals surface area contributed by atoms with Crippen LogP contribution in [0.15, 0.2) is 24.3 Å². The van der Waals surface area contributed by atoms with Gasteiger partial charge in [-0.05, 0) is 11.6 Å². The molecule has 19 heavy (non-hydrogen) atoms. The first-order valence-electron chi connectivity index (χ1n) is 6.02. The van der Waals surface area contributed by atoms with E-state index in [4.69, 9.17) is 18.0 Å². The number of hydrogen-bond donors (Lipinski definition) is 1. The van der Waals surface area contributed by atoms with Crippen molar-refractivity contribution in [1.29, 1.82) is 0 Å². The van der Waals surface area contributed by atoms with Gasteiger partial charge in [0.1, 0.15) is 10.8 Å². The van der Waals surface area contributed by atoms with Gasteiger partial charge in [-0.25, -0.2) is 4.98 Å². The molecule has 0 amide bonds. The summed E-state index contributed by atoms with van der Waals surface area (Å²) >= 11 is 6.42. The van der Waals surface area contributed by atoms with Gasteiger partial charge in [-0.15, -0.1) is 0 Å². The van der Waals surface area contributed by atoms with Crippen molar-refractivity contribution < 1.29 is 0 Å². The Bertz CT molecular complexity index is 580. The molecule has 0 aliphatic heterocycles. The molecular formula is C13H16N4S2. The first kappa shape index (κ1) is 13.9. The average Bonchev–Trinajstić information content (AvgIpc) is 2.88. The number of anilines is 1. The lowest BCUT2D eigenvalue weighted by atomic mass is 10.1. The summed E-state index contributed by atoms with van der Waals surface area (Å²) in [5.74, 6) is 0.892. The number of nitrogens with zero attached hydrogens (tertiary/aromatic N) is 3. The highest BCUT2D eigenvalue weighted by Gasteiger charge is 2.08. The molecule has 0 atom stereocenters. The van der Waals surface area contributed by atoms with E-state index in [1.807, 2.05) is 25.2 Å². The predicted octanol–water partition coefficient (Wildman–Crippen LogP) is 2.37. The second kappa shape index (κ2) is 6.08. The van der Waals surface area contributed by atoms with E-state index in [-0.39, 0.29) is 0 Å². The van der Waals surface area contributed by atoms with E-state index in [9.17, 15) is 0 Å². The molecule has 1 aromatic carbocycles. The fraction of sp³-hybridized carbons (Fsp3) is 0.308. The predicted molar refractivity (Wildman–Crippen MR) is 83.7 cm³/mol. The third-order valence-corrected chi connectivity index (χ3v) is 3.84. The van der Waals surface area contributed by atoms with Crippen LogP contribution in [0.25, 0.3) is 0 Å². The number of hydrogen-bond acceptors (Lipinski definition) is 5. The van der Waals surface area contributed by atoms with Crippen LogP contribution in [0.2, 0.25) is 0 Å². The summed E-state index contributed by atoms with van der Waals surface area (Å²) in [4.78, 5) is 6.97. The van der Waals surface area contributed by atoms with Crippen LogP contribution in [-0.2, 0) is 13.0 Å². The van der Waals surface area contributed by atoms with Crippen LogP contribution in [0.1, 0.15) is 23.9 Å². The molecule has 0 radical (unpaired) electrons. The van der Waals surface area contributed by atoms with Gasteiger partial charge in [0.15, 0.2) is 0 Å². The van der Waals surface area contributed by atoms with Crippen molar-refractivity contribution in [2.45, 2.75) is 19.9 Å². The van der Waals surface area contributed by atoms with Gasteiger partial charge in [0.2, 0.25) is 5.13 Å². The lowest BCUT2D eigenvalue weighted by molar-refractivity contribution is 0.898. The molecule has 0 fully saturated rings. The molecule has 2 N–H and O–H groups in total. The summed E-state index contributed by atoms with van der Waals surface area (Å²) in [5, 5.41) is 0.928. The summed E-state index contributed by atoms with van der Waals surface area (Å²) in [6, 6.07) is 7.96. The van der Waals surface area contributed by atoms with Crippen molar-refractivity contribution in [2.24, 2.45) is 5.73 Å². The van der Waals surface area contributed by atoms with E-state index in [0.29, 0.717) is 4.99 Å². The third-order valence-electron chi connectivity index (χ3n) is 2.73. The van der Waals surface area contributed by atoms with E-state index in [1.54, 1.807) is 0 Å². The highest BCUT2D eigenvalue weighted by molar-refractivity contribution is 7.80. The molecule has 0 aliphatic rings. The number of aromatic nitrogens is 2. The SMILES string of the molecule is CCc1nsc(N(C)Cc2cccc(C(N)=S)c2)n1. The molecule has 2 aromatic rings. The summed E-state index contributed by atoms with van der Waals surface area (Å²) < 4.78 is 4.29. The highest BCUT2D eigenvalue weighted by atomic mass is 32.1. The molecule has 6 heteroatoms. The summed E-state index contributed by atoms with van der Waals surface area (Å²) in [6.07, 6.45) is 0.862. The number of aryl methyl sites for hydroxylation is 1. The largest absolute Gasteiger partial charge is 0.389 e. The van der Waals surface area contributed by atoms with Crippen molar-refractivity contribution in [3.05, 3.63) is 41.2 Å². The zero-order valence-corrected chi connectivity index (χ0v) is 12.6. The van der Waals surface area contributed by atoms with Crippen LogP contribution in [-0.4, -0.2) is 21.4 Å². The van der Waals surface area contributed by atoms with E-state index in [0.717, 1.165) is 35.0 Å². The molecule has 0 aliphatic carbocycles. The van der Waals surface area contributed by atoms with Crippen LogP contribution in [0.4, 0.5) is 5.13 Å². The van der Waals surface area contributed by atoms with Gasteiger partial charge in [-0.1, -0.05) is 37.3 Å². The Morgan fingerprint density at radius 3 is 2.89 bits per heavy atom. The van der Waals surface area contributed by atoms with Gasteiger partial charge >= 0.3 is 0 Å². The van der Waals surface area contributed by atoms with E-state index in [2.05, 4.69) is 27.2 Å². The number of thiocarbonyl (C=S) groups is 1. The quantitative estimate of drug-likeness (QED) is 0.857. The summed E-state index contributed by atoms with van der Waals surface area (Å²) in [7, 11) is 2.01. The molecule has 0 bridgehead atoms. The monoisotopic (exact) mass is 292 g/mol. The Labute approximate surface area is 122 Å². The van der Waals surface area contributed by atoms with Gasteiger partial charge in [0.25, 0.3) is 0 Å². The Morgan fingerprint density at radius 1 is 1.47 bits per heavy atom. The maximum Gasteiger partial charge on any atom is 0.205 e. The van der Waals surface area contributed by atoms with E-state index >= 15 is 0 Å². The zero-order chi connectivity index (χ0) is 13.8. The third kappa shape index (κ3) is 3.48. The summed E-state index contributed by atoms with van der Waals surface area (Å²) in [5.41, 5.74) is 7.69. The zero-order valence-electron chi connectivity index (χ0n) is 11.0. The molecule has 100 valence electrons. The fourth-order valence-corrected chi connectivity index (χ4v) is 2.54. The Morgan fingerprint density at radius 2 is 2.26 bits per heavy atom. The van der Waals surface area contributed by atoms with Crippen molar-refractivity contribution in [3.63, 3.8) is 0 Å². The molecule has 0 spiro atoms. The minimum atomic E-state index is 0.425. The number of nitrogens with two attached hydrogens (primary N) is 1. The molecule has 4 nitrogen and oxygen atoms in total. The molecule has 0 unspecified atom stereocenters. The first-order valence-corrected chi connectivity index (χ1v) is 7.20. The van der Waals surface area contributed by atoms with Gasteiger partial charge in [0, 0.05) is 37.1 Å². The highest BCUT2D eigenvalue weighted by Crippen LogP contribution is 2.18. The minimum absolute atomic E-state index is 0.425. The Hall–Kier alpha value is -1.53. The van der Waals surface area contributed by atoms with Crippen LogP contribution in [0.5, 0.6) is 0 Å². The van der Waals surface area contributed by atoms with Crippen molar-refractivity contribution >= 4 is 33.9 Å². The fourth-order valence-electron chi connectivity index (χ4n) is 1.71. The Kier molecular flexibility index (Phi) is 4.44. The summed E-state index contributed by atoms with van der Waals surface area (Å²) in [6.45, 7) is 2.81. The number of rotatable bonds is 5. The van der Waals surface area contributed by atoms with Crippen LogP contribution < -0.4 is 10.6 Å². The second-order valence-electron chi connectivity index (χ2n) is 4.27. The van der Waals surface area contributed by atoms with Gasteiger partial charge in [0.05, 0.1) is 0 Å². The van der Waals surface area contributed by atoms with Gasteiger partial charge in [-0.2, -0.15) is 4.37 Å². The lowest BCUT2D eigenvalue weighted by Gasteiger charge is -2.15. The number of benzene rings is 1. The maximum absolute atomic E-state index is 5.64. The van der Waals surface area contributed by atoms with E-state index < -0.39 is 0 Å². The van der Waals surface area contributed by atoms with Crippen LogP contribution in [0.3, 0.4) is 0 Å². The van der Waals surface area contributed by atoms with Crippen molar-refractivity contribution in [3.8, 4) is 0 Å². The minimum Gasteiger partial charge on any atom is -0.389 e. The molecule has 0 saturated carbocycles. The lowest BCUT2D eigenvalue weighted by Crippen LogP contribution is -2.17.